The van der Waals surface area contributed by atoms with Gasteiger partial charge in [-0.05, 0) is 26.0 Å². The van der Waals surface area contributed by atoms with E-state index in [4.69, 9.17) is 0 Å². The molecule has 0 radical (unpaired) electrons. The summed E-state index contributed by atoms with van der Waals surface area (Å²) >= 11 is 0. The summed E-state index contributed by atoms with van der Waals surface area (Å²) in [6.45, 7) is 7.78. The summed E-state index contributed by atoms with van der Waals surface area (Å²) in [6.07, 6.45) is 0. The monoisotopic (exact) mass is 280 g/mol. The Hall–Kier alpha value is -1.64. The lowest BCUT2D eigenvalue weighted by Crippen LogP contribution is -2.66. The van der Waals surface area contributed by atoms with Crippen LogP contribution in [-0.2, 0) is 13.1 Å². The molecule has 2 bridgehead atoms. The summed E-state index contributed by atoms with van der Waals surface area (Å²) < 4.78 is 2.06. The third-order valence-electron chi connectivity index (χ3n) is 5.30. The minimum Gasteiger partial charge on any atom is -0.243 e. The van der Waals surface area contributed by atoms with Gasteiger partial charge in [0.2, 0.25) is 6.67 Å². The van der Waals surface area contributed by atoms with Gasteiger partial charge in [0.15, 0.2) is 0 Å². The number of rotatable bonds is 0. The van der Waals surface area contributed by atoms with Crippen LogP contribution in [0.5, 0.6) is 0 Å². The van der Waals surface area contributed by atoms with Gasteiger partial charge in [-0.15, -0.1) is 0 Å². The van der Waals surface area contributed by atoms with Gasteiger partial charge in [0, 0.05) is 12.1 Å². The average molecular weight is 280 g/mol. The summed E-state index contributed by atoms with van der Waals surface area (Å²) in [4.78, 5) is 0. The first-order valence-electron chi connectivity index (χ1n) is 7.79. The Morgan fingerprint density at radius 1 is 0.714 bits per heavy atom. The zero-order chi connectivity index (χ0) is 14.8. The average Bonchev–Trinajstić information content (AvgIpc) is 2.36. The summed E-state index contributed by atoms with van der Waals surface area (Å²) in [7, 11) is 4.80. The number of fused-ring (bicyclic) bond motifs is 6. The molecule has 0 fully saturated rings. The first-order chi connectivity index (χ1) is 9.90. The van der Waals surface area contributed by atoms with Gasteiger partial charge in [0.1, 0.15) is 24.5 Å². The Kier molecular flexibility index (Phi) is 2.46. The zero-order valence-electron chi connectivity index (χ0n) is 13.5. The van der Waals surface area contributed by atoms with Crippen molar-refractivity contribution in [2.75, 3.05) is 20.8 Å². The Morgan fingerprint density at radius 3 is 1.57 bits per heavy atom. The SMILES string of the molecule is Cc1ccc2c(c1)C[N+]1(C)C[N+]2(C)Cc2cc(C)ccc21. The number of quaternary nitrogens is 2. The minimum absolute atomic E-state index is 1.03. The predicted molar refractivity (Wildman–Crippen MR) is 90.1 cm³/mol. The van der Waals surface area contributed by atoms with Gasteiger partial charge >= 0.3 is 0 Å². The van der Waals surface area contributed by atoms with E-state index in [1.165, 1.54) is 33.6 Å². The fraction of sp³-hybridized carbons (Fsp3) is 0.368. The van der Waals surface area contributed by atoms with Crippen LogP contribution < -0.4 is 8.97 Å². The molecule has 2 heteroatoms. The van der Waals surface area contributed by atoms with E-state index >= 15 is 0 Å². The van der Waals surface area contributed by atoms with Gasteiger partial charge in [0.05, 0.1) is 25.2 Å². The molecule has 0 aromatic heterocycles. The highest BCUT2D eigenvalue weighted by molar-refractivity contribution is 5.63. The lowest BCUT2D eigenvalue weighted by atomic mass is 9.95. The molecule has 2 heterocycles. The van der Waals surface area contributed by atoms with Crippen LogP contribution in [0.25, 0.3) is 0 Å². The van der Waals surface area contributed by atoms with Crippen molar-refractivity contribution in [2.45, 2.75) is 26.9 Å². The normalized spacial score (nSPS) is 29.7. The Balaban J connectivity index is 1.96. The van der Waals surface area contributed by atoms with E-state index in [1.54, 1.807) is 0 Å². The fourth-order valence-electron chi connectivity index (χ4n) is 4.60. The van der Waals surface area contributed by atoms with Crippen molar-refractivity contribution >= 4 is 11.4 Å². The minimum atomic E-state index is 1.03. The molecule has 0 amide bonds. The zero-order valence-corrected chi connectivity index (χ0v) is 13.5. The molecular weight excluding hydrogens is 256 g/mol. The third kappa shape index (κ3) is 1.79. The van der Waals surface area contributed by atoms with Crippen molar-refractivity contribution in [1.82, 2.24) is 8.97 Å². The van der Waals surface area contributed by atoms with Crippen molar-refractivity contribution in [1.29, 1.82) is 0 Å². The van der Waals surface area contributed by atoms with Crippen LogP contribution in [0.1, 0.15) is 22.3 Å². The van der Waals surface area contributed by atoms with Gasteiger partial charge in [-0.3, -0.25) is 0 Å². The van der Waals surface area contributed by atoms with Gasteiger partial charge in [-0.25, -0.2) is 8.97 Å². The number of benzene rings is 2. The van der Waals surface area contributed by atoms with Crippen molar-refractivity contribution in [3.8, 4) is 0 Å². The van der Waals surface area contributed by atoms with Crippen LogP contribution in [0.3, 0.4) is 0 Å². The number of hydrogen-bond donors (Lipinski definition) is 0. The van der Waals surface area contributed by atoms with Crippen LogP contribution in [0.2, 0.25) is 0 Å². The largest absolute Gasteiger partial charge is 0.243 e. The highest BCUT2D eigenvalue weighted by Crippen LogP contribution is 2.45. The first kappa shape index (κ1) is 13.1. The van der Waals surface area contributed by atoms with Crippen molar-refractivity contribution < 1.29 is 0 Å². The van der Waals surface area contributed by atoms with Crippen molar-refractivity contribution in [3.63, 3.8) is 0 Å². The van der Waals surface area contributed by atoms with E-state index in [-0.39, 0.29) is 0 Å². The molecule has 2 aliphatic heterocycles. The lowest BCUT2D eigenvalue weighted by molar-refractivity contribution is 0.133. The smallest absolute Gasteiger partial charge is 0.217 e. The molecule has 4 rings (SSSR count). The maximum absolute atomic E-state index is 2.40. The highest BCUT2D eigenvalue weighted by Gasteiger charge is 2.50. The van der Waals surface area contributed by atoms with Gasteiger partial charge in [-0.2, -0.15) is 0 Å². The summed E-state index contributed by atoms with van der Waals surface area (Å²) in [6, 6.07) is 14.0. The third-order valence-corrected chi connectivity index (χ3v) is 5.30. The standard InChI is InChI=1S/C19H24N2/c1-14-5-7-18-16(9-14)11-20(3)13-21(18,4)12-17-10-15(2)6-8-19(17)20/h5-10H,11-13H2,1-4H3/q+2. The fourth-order valence-corrected chi connectivity index (χ4v) is 4.60. The van der Waals surface area contributed by atoms with Crippen LogP contribution in [0.15, 0.2) is 36.4 Å². The Labute approximate surface area is 127 Å². The lowest BCUT2D eigenvalue weighted by Gasteiger charge is -2.51. The van der Waals surface area contributed by atoms with E-state index in [1.807, 2.05) is 0 Å². The second kappa shape index (κ2) is 3.96. The van der Waals surface area contributed by atoms with E-state index < -0.39 is 0 Å². The number of aryl methyl sites for hydroxylation is 2. The summed E-state index contributed by atoms with van der Waals surface area (Å²) in [5.41, 5.74) is 8.83. The van der Waals surface area contributed by atoms with Gasteiger partial charge in [0.25, 0.3) is 0 Å². The first-order valence-corrected chi connectivity index (χ1v) is 7.79. The number of hydrogen-bond acceptors (Lipinski definition) is 0. The molecule has 2 nitrogen and oxygen atoms in total. The molecule has 0 aliphatic carbocycles. The molecular formula is C19H24N2+2. The van der Waals surface area contributed by atoms with Crippen LogP contribution in [0, 0.1) is 13.8 Å². The Bertz CT molecular complexity index is 686. The Morgan fingerprint density at radius 2 is 1.14 bits per heavy atom. The van der Waals surface area contributed by atoms with Crippen LogP contribution in [-0.4, -0.2) is 20.8 Å². The second-order valence-electron chi connectivity index (χ2n) is 7.51. The molecule has 2 atom stereocenters. The molecule has 0 N–H and O–H groups in total. The summed E-state index contributed by atoms with van der Waals surface area (Å²) in [5, 5.41) is 0. The molecule has 2 unspecified atom stereocenters. The molecule has 0 saturated carbocycles. The van der Waals surface area contributed by atoms with Gasteiger partial charge in [-0.1, -0.05) is 23.3 Å². The molecule has 2 aromatic carbocycles. The molecule has 0 spiro atoms. The van der Waals surface area contributed by atoms with Crippen LogP contribution in [0.4, 0.5) is 11.4 Å². The van der Waals surface area contributed by atoms with E-state index in [0.29, 0.717) is 0 Å². The van der Waals surface area contributed by atoms with E-state index in [2.05, 4.69) is 64.3 Å². The molecule has 2 aliphatic rings. The highest BCUT2D eigenvalue weighted by atomic mass is 15.5. The molecule has 0 saturated heterocycles. The van der Waals surface area contributed by atoms with Crippen LogP contribution >= 0.6 is 0 Å². The van der Waals surface area contributed by atoms with Crippen molar-refractivity contribution in [3.05, 3.63) is 58.7 Å². The maximum atomic E-state index is 2.40. The number of nitrogens with zero attached hydrogens (tertiary/aromatic N) is 2. The van der Waals surface area contributed by atoms with E-state index in [9.17, 15) is 0 Å². The molecule has 2 aromatic rings. The van der Waals surface area contributed by atoms with Gasteiger partial charge < -0.3 is 0 Å². The predicted octanol–water partition coefficient (Wildman–Crippen LogP) is 3.86. The topological polar surface area (TPSA) is 0 Å². The quantitative estimate of drug-likeness (QED) is 0.643. The molecule has 108 valence electrons. The maximum Gasteiger partial charge on any atom is 0.217 e. The summed E-state index contributed by atoms with van der Waals surface area (Å²) in [5.74, 6) is 0. The van der Waals surface area contributed by atoms with Crippen molar-refractivity contribution in [2.24, 2.45) is 0 Å². The van der Waals surface area contributed by atoms with E-state index in [0.717, 1.165) is 28.7 Å². The molecule has 21 heavy (non-hydrogen) atoms. The second-order valence-corrected chi connectivity index (χ2v) is 7.51.